The molecule has 5 nitrogen and oxygen atoms in total. The Morgan fingerprint density at radius 2 is 2.06 bits per heavy atom. The van der Waals surface area contributed by atoms with Crippen LogP contribution < -0.4 is 10.6 Å². The zero-order valence-electron chi connectivity index (χ0n) is 10.2. The Labute approximate surface area is 110 Å². The second-order valence-corrected chi connectivity index (χ2v) is 3.96. The third-order valence-electron chi connectivity index (χ3n) is 2.11. The summed E-state index contributed by atoms with van der Waals surface area (Å²) in [5.74, 6) is -0.480. The van der Waals surface area contributed by atoms with Gasteiger partial charge in [-0.2, -0.15) is 0 Å². The lowest BCUT2D eigenvalue weighted by atomic mass is 10.3. The monoisotopic (exact) mass is 270 g/mol. The number of anilines is 1. The number of halogens is 1. The zero-order chi connectivity index (χ0) is 13.5. The van der Waals surface area contributed by atoms with E-state index in [1.165, 1.54) is 0 Å². The Balaban J connectivity index is 2.52. The number of amides is 2. The minimum atomic E-state index is -0.715. The molecule has 0 bridgehead atoms. The van der Waals surface area contributed by atoms with Gasteiger partial charge in [0.25, 0.3) is 0 Å². The standard InChI is InChI=1S/C12H15ClN2O3/c1-3-18-11(16)8(2)14-12(17)15-10-7-5-4-6-9(10)13/h4-8H,3H2,1-2H3,(H2,14,15,17). The van der Waals surface area contributed by atoms with Crippen LogP contribution in [0.2, 0.25) is 5.02 Å². The molecular weight excluding hydrogens is 256 g/mol. The predicted molar refractivity (Wildman–Crippen MR) is 69.7 cm³/mol. The number of rotatable bonds is 4. The summed E-state index contributed by atoms with van der Waals surface area (Å²) < 4.78 is 4.77. The van der Waals surface area contributed by atoms with E-state index in [1.54, 1.807) is 38.1 Å². The molecule has 0 saturated carbocycles. The summed E-state index contributed by atoms with van der Waals surface area (Å²) in [6, 6.07) is 5.60. The number of para-hydroxylation sites is 1. The van der Waals surface area contributed by atoms with E-state index < -0.39 is 18.0 Å². The van der Waals surface area contributed by atoms with E-state index in [4.69, 9.17) is 16.3 Å². The van der Waals surface area contributed by atoms with E-state index in [0.29, 0.717) is 10.7 Å². The quantitative estimate of drug-likeness (QED) is 0.826. The van der Waals surface area contributed by atoms with Crippen LogP contribution in [-0.2, 0) is 9.53 Å². The summed E-state index contributed by atoms with van der Waals surface area (Å²) in [6.07, 6.45) is 0. The van der Waals surface area contributed by atoms with Gasteiger partial charge in [0.2, 0.25) is 0 Å². The predicted octanol–water partition coefficient (Wildman–Crippen LogP) is 2.41. The highest BCUT2D eigenvalue weighted by molar-refractivity contribution is 6.33. The van der Waals surface area contributed by atoms with Gasteiger partial charge in [-0.1, -0.05) is 23.7 Å². The van der Waals surface area contributed by atoms with Crippen molar-refractivity contribution in [2.45, 2.75) is 19.9 Å². The van der Waals surface area contributed by atoms with E-state index in [-0.39, 0.29) is 6.61 Å². The Morgan fingerprint density at radius 1 is 1.39 bits per heavy atom. The highest BCUT2D eigenvalue weighted by atomic mass is 35.5. The molecule has 1 atom stereocenters. The van der Waals surface area contributed by atoms with Crippen LogP contribution in [0.4, 0.5) is 10.5 Å². The maximum absolute atomic E-state index is 11.6. The molecule has 0 heterocycles. The van der Waals surface area contributed by atoms with Crippen LogP contribution in [0.1, 0.15) is 13.8 Å². The smallest absolute Gasteiger partial charge is 0.328 e. The molecule has 0 spiro atoms. The second kappa shape index (κ2) is 6.86. The number of carbonyl (C=O) groups excluding carboxylic acids is 2. The van der Waals surface area contributed by atoms with Crippen molar-refractivity contribution in [3.05, 3.63) is 29.3 Å². The van der Waals surface area contributed by atoms with Crippen LogP contribution >= 0.6 is 11.6 Å². The van der Waals surface area contributed by atoms with Crippen LogP contribution in [0.25, 0.3) is 0 Å². The maximum Gasteiger partial charge on any atom is 0.328 e. The summed E-state index contributed by atoms with van der Waals surface area (Å²) in [6.45, 7) is 3.52. The van der Waals surface area contributed by atoms with Crippen LogP contribution in [-0.4, -0.2) is 24.6 Å². The lowest BCUT2D eigenvalue weighted by Crippen LogP contribution is -2.41. The highest BCUT2D eigenvalue weighted by Gasteiger charge is 2.16. The molecule has 0 saturated heterocycles. The van der Waals surface area contributed by atoms with Crippen LogP contribution in [0.5, 0.6) is 0 Å². The molecule has 0 aliphatic heterocycles. The average molecular weight is 271 g/mol. The van der Waals surface area contributed by atoms with Gasteiger partial charge in [0, 0.05) is 0 Å². The third kappa shape index (κ3) is 4.25. The number of ether oxygens (including phenoxy) is 1. The molecule has 0 aliphatic rings. The fraction of sp³-hybridized carbons (Fsp3) is 0.333. The maximum atomic E-state index is 11.6. The first-order valence-electron chi connectivity index (χ1n) is 5.53. The molecule has 0 aromatic heterocycles. The first-order valence-corrected chi connectivity index (χ1v) is 5.91. The number of hydrogen-bond acceptors (Lipinski definition) is 3. The topological polar surface area (TPSA) is 67.4 Å². The average Bonchev–Trinajstić information content (AvgIpc) is 2.32. The van der Waals surface area contributed by atoms with Gasteiger partial charge in [0.05, 0.1) is 17.3 Å². The molecular formula is C12H15ClN2O3. The summed E-state index contributed by atoms with van der Waals surface area (Å²) in [4.78, 5) is 22.9. The van der Waals surface area contributed by atoms with Gasteiger partial charge in [-0.25, -0.2) is 9.59 Å². The minimum absolute atomic E-state index is 0.275. The summed E-state index contributed by atoms with van der Waals surface area (Å²) in [7, 11) is 0. The molecule has 1 rings (SSSR count). The molecule has 1 aromatic carbocycles. The zero-order valence-corrected chi connectivity index (χ0v) is 11.0. The van der Waals surface area contributed by atoms with E-state index in [0.717, 1.165) is 0 Å². The fourth-order valence-electron chi connectivity index (χ4n) is 1.24. The van der Waals surface area contributed by atoms with E-state index in [2.05, 4.69) is 10.6 Å². The molecule has 18 heavy (non-hydrogen) atoms. The van der Waals surface area contributed by atoms with Gasteiger partial charge in [0.15, 0.2) is 0 Å². The van der Waals surface area contributed by atoms with Crippen molar-refractivity contribution in [2.75, 3.05) is 11.9 Å². The molecule has 0 aliphatic carbocycles. The van der Waals surface area contributed by atoms with Crippen molar-refractivity contribution in [3.8, 4) is 0 Å². The van der Waals surface area contributed by atoms with Crippen LogP contribution in [0.3, 0.4) is 0 Å². The molecule has 2 N–H and O–H groups in total. The number of urea groups is 1. The lowest BCUT2D eigenvalue weighted by molar-refractivity contribution is -0.144. The van der Waals surface area contributed by atoms with Gasteiger partial charge in [0.1, 0.15) is 6.04 Å². The first-order chi connectivity index (χ1) is 8.54. The van der Waals surface area contributed by atoms with E-state index in [9.17, 15) is 9.59 Å². The molecule has 98 valence electrons. The third-order valence-corrected chi connectivity index (χ3v) is 2.44. The minimum Gasteiger partial charge on any atom is -0.464 e. The Kier molecular flexibility index (Phi) is 5.45. The Hall–Kier alpha value is -1.75. The normalized spacial score (nSPS) is 11.5. The van der Waals surface area contributed by atoms with Crippen molar-refractivity contribution >= 4 is 29.3 Å². The summed E-state index contributed by atoms with van der Waals surface area (Å²) in [5, 5.41) is 5.43. The van der Waals surface area contributed by atoms with Crippen molar-refractivity contribution in [2.24, 2.45) is 0 Å². The summed E-state index contributed by atoms with van der Waals surface area (Å²) in [5.41, 5.74) is 0.479. The SMILES string of the molecule is CCOC(=O)C(C)NC(=O)Nc1ccccc1Cl. The fourth-order valence-corrected chi connectivity index (χ4v) is 1.43. The van der Waals surface area contributed by atoms with Gasteiger partial charge in [-0.3, -0.25) is 0 Å². The molecule has 0 radical (unpaired) electrons. The Morgan fingerprint density at radius 3 is 2.67 bits per heavy atom. The van der Waals surface area contributed by atoms with Crippen molar-refractivity contribution in [1.82, 2.24) is 5.32 Å². The first kappa shape index (κ1) is 14.3. The van der Waals surface area contributed by atoms with Crippen molar-refractivity contribution in [3.63, 3.8) is 0 Å². The number of nitrogens with one attached hydrogen (secondary N) is 2. The molecule has 6 heteroatoms. The number of esters is 1. The number of carbonyl (C=O) groups is 2. The van der Waals surface area contributed by atoms with E-state index >= 15 is 0 Å². The largest absolute Gasteiger partial charge is 0.464 e. The van der Waals surface area contributed by atoms with Crippen LogP contribution in [0, 0.1) is 0 Å². The second-order valence-electron chi connectivity index (χ2n) is 3.55. The van der Waals surface area contributed by atoms with Crippen molar-refractivity contribution in [1.29, 1.82) is 0 Å². The van der Waals surface area contributed by atoms with Gasteiger partial charge in [-0.05, 0) is 26.0 Å². The summed E-state index contributed by atoms with van der Waals surface area (Å²) >= 11 is 5.88. The molecule has 0 fully saturated rings. The van der Waals surface area contributed by atoms with Gasteiger partial charge in [-0.15, -0.1) is 0 Å². The van der Waals surface area contributed by atoms with Crippen molar-refractivity contribution < 1.29 is 14.3 Å². The molecule has 2 amide bonds. The highest BCUT2D eigenvalue weighted by Crippen LogP contribution is 2.20. The lowest BCUT2D eigenvalue weighted by Gasteiger charge is -2.13. The van der Waals surface area contributed by atoms with Crippen LogP contribution in [0.15, 0.2) is 24.3 Å². The molecule has 1 unspecified atom stereocenters. The van der Waals surface area contributed by atoms with Gasteiger partial charge < -0.3 is 15.4 Å². The number of hydrogen-bond donors (Lipinski definition) is 2. The number of benzene rings is 1. The molecule has 1 aromatic rings. The van der Waals surface area contributed by atoms with Gasteiger partial charge >= 0.3 is 12.0 Å². The Bertz CT molecular complexity index is 437. The van der Waals surface area contributed by atoms with E-state index in [1.807, 2.05) is 0 Å².